The van der Waals surface area contributed by atoms with Crippen molar-refractivity contribution in [2.75, 3.05) is 20.1 Å². The second kappa shape index (κ2) is 6.49. The highest BCUT2D eigenvalue weighted by molar-refractivity contribution is 5.78. The van der Waals surface area contributed by atoms with Crippen LogP contribution in [0.2, 0.25) is 0 Å². The number of benzene rings is 1. The molecule has 0 aromatic heterocycles. The van der Waals surface area contributed by atoms with Gasteiger partial charge in [0, 0.05) is 19.2 Å². The Morgan fingerprint density at radius 2 is 2.30 bits per heavy atom. The van der Waals surface area contributed by atoms with Gasteiger partial charge in [-0.1, -0.05) is 0 Å². The van der Waals surface area contributed by atoms with Crippen LogP contribution in [0.5, 0.6) is 0 Å². The van der Waals surface area contributed by atoms with Crippen molar-refractivity contribution in [1.29, 1.82) is 5.26 Å². The maximum atomic E-state index is 13.6. The van der Waals surface area contributed by atoms with Gasteiger partial charge in [-0.2, -0.15) is 5.26 Å². The van der Waals surface area contributed by atoms with Gasteiger partial charge in [-0.05, 0) is 43.5 Å². The lowest BCUT2D eigenvalue weighted by Gasteiger charge is -2.18. The predicted molar refractivity (Wildman–Crippen MR) is 73.2 cm³/mol. The van der Waals surface area contributed by atoms with E-state index in [9.17, 15) is 9.18 Å². The molecule has 1 N–H and O–H groups in total. The van der Waals surface area contributed by atoms with Crippen molar-refractivity contribution < 1.29 is 9.18 Å². The van der Waals surface area contributed by atoms with E-state index in [-0.39, 0.29) is 19.0 Å². The summed E-state index contributed by atoms with van der Waals surface area (Å²) in [5.41, 5.74) is 0.760. The lowest BCUT2D eigenvalue weighted by atomic mass is 10.1. The molecule has 1 fully saturated rings. The van der Waals surface area contributed by atoms with Crippen LogP contribution in [0.1, 0.15) is 24.0 Å². The quantitative estimate of drug-likeness (QED) is 0.859. The first-order valence-electron chi connectivity index (χ1n) is 6.73. The highest BCUT2D eigenvalue weighted by Gasteiger charge is 2.21. The van der Waals surface area contributed by atoms with Crippen LogP contribution in [0, 0.1) is 23.1 Å². The summed E-state index contributed by atoms with van der Waals surface area (Å²) in [6.45, 7) is 1.32. The molecule has 1 aromatic rings. The van der Waals surface area contributed by atoms with Gasteiger partial charge in [0.05, 0.1) is 18.2 Å². The van der Waals surface area contributed by atoms with Crippen molar-refractivity contribution in [3.05, 3.63) is 35.1 Å². The minimum atomic E-state index is -0.394. The number of hydrogen-bond donors (Lipinski definition) is 1. The maximum absolute atomic E-state index is 13.6. The molecule has 0 heterocycles. The second-order valence-electron chi connectivity index (χ2n) is 5.24. The number of carbonyl (C=O) groups is 1. The molecule has 1 saturated carbocycles. The number of carbonyl (C=O) groups excluding carboxylic acids is 1. The van der Waals surface area contributed by atoms with Crippen LogP contribution >= 0.6 is 0 Å². The van der Waals surface area contributed by atoms with Crippen LogP contribution in [0.3, 0.4) is 0 Å². The summed E-state index contributed by atoms with van der Waals surface area (Å²) in [5.74, 6) is 0.250. The largest absolute Gasteiger partial charge is 0.340 e. The van der Waals surface area contributed by atoms with E-state index in [1.54, 1.807) is 7.05 Å². The molecule has 2 rings (SSSR count). The van der Waals surface area contributed by atoms with Gasteiger partial charge >= 0.3 is 0 Å². The van der Waals surface area contributed by atoms with Crippen LogP contribution in [0.4, 0.5) is 4.39 Å². The average molecular weight is 275 g/mol. The zero-order valence-electron chi connectivity index (χ0n) is 11.5. The molecule has 0 atom stereocenters. The molecule has 0 saturated heterocycles. The number of rotatable bonds is 6. The molecule has 1 aliphatic rings. The summed E-state index contributed by atoms with van der Waals surface area (Å²) in [5, 5.41) is 11.9. The minimum absolute atomic E-state index is 0.0765. The summed E-state index contributed by atoms with van der Waals surface area (Å²) in [7, 11) is 1.64. The summed E-state index contributed by atoms with van der Waals surface area (Å²) < 4.78 is 13.6. The van der Waals surface area contributed by atoms with Crippen molar-refractivity contribution in [2.45, 2.75) is 19.4 Å². The Morgan fingerprint density at radius 1 is 1.55 bits per heavy atom. The Morgan fingerprint density at radius 3 is 2.95 bits per heavy atom. The molecule has 1 aromatic carbocycles. The van der Waals surface area contributed by atoms with Crippen LogP contribution in [0.15, 0.2) is 18.2 Å². The van der Waals surface area contributed by atoms with Gasteiger partial charge in [-0.3, -0.25) is 4.79 Å². The fourth-order valence-electron chi connectivity index (χ4n) is 1.95. The van der Waals surface area contributed by atoms with Gasteiger partial charge in [0.25, 0.3) is 0 Å². The first kappa shape index (κ1) is 14.5. The molecule has 0 spiro atoms. The summed E-state index contributed by atoms with van der Waals surface area (Å²) >= 11 is 0. The number of hydrogen-bond acceptors (Lipinski definition) is 3. The van der Waals surface area contributed by atoms with E-state index in [0.717, 1.165) is 12.5 Å². The van der Waals surface area contributed by atoms with E-state index in [1.165, 1.54) is 35.9 Å². The highest BCUT2D eigenvalue weighted by Crippen LogP contribution is 2.27. The molecular formula is C15H18FN3O. The zero-order chi connectivity index (χ0) is 14.5. The molecule has 0 bridgehead atoms. The predicted octanol–water partition coefficient (Wildman–Crippen LogP) is 1.66. The van der Waals surface area contributed by atoms with Gasteiger partial charge in [0.1, 0.15) is 5.82 Å². The van der Waals surface area contributed by atoms with E-state index < -0.39 is 5.82 Å². The third kappa shape index (κ3) is 4.04. The topological polar surface area (TPSA) is 56.1 Å². The lowest BCUT2D eigenvalue weighted by molar-refractivity contribution is -0.129. The number of nitrogens with one attached hydrogen (secondary N) is 1. The molecule has 1 aliphatic carbocycles. The van der Waals surface area contributed by atoms with Crippen LogP contribution in [0.25, 0.3) is 0 Å². The van der Waals surface area contributed by atoms with Gasteiger partial charge < -0.3 is 10.2 Å². The number of nitrogens with zero attached hydrogens (tertiary/aromatic N) is 2. The molecule has 4 nitrogen and oxygen atoms in total. The van der Waals surface area contributed by atoms with Gasteiger partial charge in [0.15, 0.2) is 0 Å². The number of likely N-dealkylation sites (N-methyl/N-ethyl adjacent to an activating group) is 1. The molecule has 106 valence electrons. The third-order valence-electron chi connectivity index (χ3n) is 3.41. The van der Waals surface area contributed by atoms with E-state index in [0.29, 0.717) is 11.1 Å². The van der Waals surface area contributed by atoms with Crippen LogP contribution < -0.4 is 5.32 Å². The van der Waals surface area contributed by atoms with Crippen molar-refractivity contribution in [3.63, 3.8) is 0 Å². The number of halogens is 1. The van der Waals surface area contributed by atoms with Gasteiger partial charge in [-0.15, -0.1) is 0 Å². The van der Waals surface area contributed by atoms with E-state index in [2.05, 4.69) is 5.32 Å². The van der Waals surface area contributed by atoms with Crippen molar-refractivity contribution in [2.24, 2.45) is 5.92 Å². The zero-order valence-corrected chi connectivity index (χ0v) is 11.5. The van der Waals surface area contributed by atoms with Crippen molar-refractivity contribution >= 4 is 5.91 Å². The monoisotopic (exact) mass is 275 g/mol. The van der Waals surface area contributed by atoms with Crippen molar-refractivity contribution in [1.82, 2.24) is 10.2 Å². The standard InChI is InChI=1S/C15H18FN3O/c1-19(15(20)9-18-8-11-2-3-11)10-13-6-12(7-17)4-5-14(13)16/h4-6,11,18H,2-3,8-10H2,1H3. The smallest absolute Gasteiger partial charge is 0.236 e. The molecule has 5 heteroatoms. The Bertz CT molecular complexity index is 534. The fourth-order valence-corrected chi connectivity index (χ4v) is 1.95. The molecular weight excluding hydrogens is 257 g/mol. The summed E-state index contributed by atoms with van der Waals surface area (Å²) in [6, 6.07) is 6.14. The Balaban J connectivity index is 1.87. The van der Waals surface area contributed by atoms with E-state index >= 15 is 0 Å². The summed E-state index contributed by atoms with van der Waals surface area (Å²) in [6.07, 6.45) is 2.48. The SMILES string of the molecule is CN(Cc1cc(C#N)ccc1F)C(=O)CNCC1CC1. The van der Waals surface area contributed by atoms with Gasteiger partial charge in [-0.25, -0.2) is 4.39 Å². The Labute approximate surface area is 118 Å². The molecule has 0 aliphatic heterocycles. The Hall–Kier alpha value is -1.93. The molecule has 0 radical (unpaired) electrons. The Kier molecular flexibility index (Phi) is 4.70. The maximum Gasteiger partial charge on any atom is 0.236 e. The first-order valence-corrected chi connectivity index (χ1v) is 6.73. The normalized spacial score (nSPS) is 13.8. The van der Waals surface area contributed by atoms with Crippen LogP contribution in [-0.4, -0.2) is 30.9 Å². The lowest BCUT2D eigenvalue weighted by Crippen LogP contribution is -2.36. The molecule has 20 heavy (non-hydrogen) atoms. The van der Waals surface area contributed by atoms with E-state index in [1.807, 2.05) is 6.07 Å². The minimum Gasteiger partial charge on any atom is -0.340 e. The third-order valence-corrected chi connectivity index (χ3v) is 3.41. The van der Waals surface area contributed by atoms with Crippen LogP contribution in [-0.2, 0) is 11.3 Å². The number of nitriles is 1. The van der Waals surface area contributed by atoms with Gasteiger partial charge in [0.2, 0.25) is 5.91 Å². The summed E-state index contributed by atoms with van der Waals surface area (Å²) in [4.78, 5) is 13.4. The fraction of sp³-hybridized carbons (Fsp3) is 0.467. The average Bonchev–Trinajstić information content (AvgIpc) is 3.25. The number of amides is 1. The van der Waals surface area contributed by atoms with E-state index in [4.69, 9.17) is 5.26 Å². The highest BCUT2D eigenvalue weighted by atomic mass is 19.1. The molecule has 0 unspecified atom stereocenters. The van der Waals surface area contributed by atoms with Crippen molar-refractivity contribution in [3.8, 4) is 6.07 Å². The second-order valence-corrected chi connectivity index (χ2v) is 5.24. The first-order chi connectivity index (χ1) is 9.60. The molecule has 1 amide bonds.